The van der Waals surface area contributed by atoms with Gasteiger partial charge in [-0.15, -0.1) is 0 Å². The standard InChI is InChI=1S/C15H22N2O3S/c1-3-16(8-11(2)14(18)19)15(20)17(13-4-5-13)9-12-6-7-21-10-12/h6-7,10-11,13H,3-5,8-9H2,1-2H3,(H,18,19). The summed E-state index contributed by atoms with van der Waals surface area (Å²) in [6.07, 6.45) is 2.09. The number of carbonyl (C=O) groups excluding carboxylic acids is 1. The van der Waals surface area contributed by atoms with E-state index in [-0.39, 0.29) is 12.6 Å². The van der Waals surface area contributed by atoms with Crippen LogP contribution >= 0.6 is 11.3 Å². The zero-order chi connectivity index (χ0) is 15.4. The Kier molecular flexibility index (Phi) is 5.22. The zero-order valence-electron chi connectivity index (χ0n) is 12.5. The van der Waals surface area contributed by atoms with Gasteiger partial charge in [0.1, 0.15) is 0 Å². The van der Waals surface area contributed by atoms with Crippen molar-refractivity contribution in [2.45, 2.75) is 39.3 Å². The Morgan fingerprint density at radius 3 is 2.67 bits per heavy atom. The molecule has 5 nitrogen and oxygen atoms in total. The van der Waals surface area contributed by atoms with Crippen LogP contribution < -0.4 is 0 Å². The van der Waals surface area contributed by atoms with E-state index in [0.29, 0.717) is 19.1 Å². The Hall–Kier alpha value is -1.56. The van der Waals surface area contributed by atoms with Crippen LogP contribution in [0.4, 0.5) is 4.79 Å². The van der Waals surface area contributed by atoms with Gasteiger partial charge in [-0.2, -0.15) is 11.3 Å². The first-order valence-corrected chi connectivity index (χ1v) is 8.26. The maximum atomic E-state index is 12.7. The smallest absolute Gasteiger partial charge is 0.320 e. The van der Waals surface area contributed by atoms with Crippen LogP contribution in [-0.2, 0) is 11.3 Å². The van der Waals surface area contributed by atoms with Gasteiger partial charge in [-0.25, -0.2) is 4.79 Å². The van der Waals surface area contributed by atoms with Crippen LogP contribution in [0.15, 0.2) is 16.8 Å². The number of hydrogen-bond acceptors (Lipinski definition) is 3. The molecular formula is C15H22N2O3S. The lowest BCUT2D eigenvalue weighted by Crippen LogP contribution is -2.46. The predicted molar refractivity (Wildman–Crippen MR) is 82.3 cm³/mol. The summed E-state index contributed by atoms with van der Waals surface area (Å²) in [5.41, 5.74) is 1.14. The third-order valence-corrected chi connectivity index (χ3v) is 4.47. The molecule has 1 heterocycles. The van der Waals surface area contributed by atoms with Crippen molar-refractivity contribution in [2.24, 2.45) is 5.92 Å². The molecule has 1 aliphatic carbocycles. The molecule has 0 aliphatic heterocycles. The summed E-state index contributed by atoms with van der Waals surface area (Å²) in [5.74, 6) is -1.41. The molecule has 1 atom stereocenters. The number of rotatable bonds is 7. The third kappa shape index (κ3) is 4.20. The van der Waals surface area contributed by atoms with Gasteiger partial charge in [-0.3, -0.25) is 4.79 Å². The Bertz CT molecular complexity index is 485. The number of thiophene rings is 1. The maximum Gasteiger partial charge on any atom is 0.320 e. The molecule has 1 aromatic heterocycles. The van der Waals surface area contributed by atoms with Gasteiger partial charge in [0.05, 0.1) is 5.92 Å². The summed E-state index contributed by atoms with van der Waals surface area (Å²) in [4.78, 5) is 27.2. The van der Waals surface area contributed by atoms with Crippen molar-refractivity contribution in [2.75, 3.05) is 13.1 Å². The highest BCUT2D eigenvalue weighted by atomic mass is 32.1. The molecule has 1 fully saturated rings. The molecule has 21 heavy (non-hydrogen) atoms. The number of carbonyl (C=O) groups is 2. The van der Waals surface area contributed by atoms with Gasteiger partial charge in [0.25, 0.3) is 0 Å². The first-order chi connectivity index (χ1) is 10.0. The summed E-state index contributed by atoms with van der Waals surface area (Å²) in [7, 11) is 0. The van der Waals surface area contributed by atoms with Crippen LogP contribution in [0.2, 0.25) is 0 Å². The van der Waals surface area contributed by atoms with Crippen molar-refractivity contribution in [3.8, 4) is 0 Å². The van der Waals surface area contributed by atoms with E-state index >= 15 is 0 Å². The molecule has 0 bridgehead atoms. The zero-order valence-corrected chi connectivity index (χ0v) is 13.3. The second-order valence-corrected chi connectivity index (χ2v) is 6.33. The number of urea groups is 1. The first kappa shape index (κ1) is 15.8. The third-order valence-electron chi connectivity index (χ3n) is 3.73. The minimum Gasteiger partial charge on any atom is -0.481 e. The van der Waals surface area contributed by atoms with Gasteiger partial charge in [0.15, 0.2) is 0 Å². The highest BCUT2D eigenvalue weighted by Gasteiger charge is 2.35. The maximum absolute atomic E-state index is 12.7. The molecule has 1 unspecified atom stereocenters. The van der Waals surface area contributed by atoms with Crippen molar-refractivity contribution < 1.29 is 14.7 Å². The normalized spacial score (nSPS) is 15.5. The Labute approximate surface area is 129 Å². The molecule has 1 aliphatic rings. The average Bonchev–Trinajstić information content (AvgIpc) is 3.17. The van der Waals surface area contributed by atoms with Crippen LogP contribution in [0.5, 0.6) is 0 Å². The van der Waals surface area contributed by atoms with E-state index in [2.05, 4.69) is 5.38 Å². The van der Waals surface area contributed by atoms with Crippen molar-refractivity contribution >= 4 is 23.3 Å². The fourth-order valence-corrected chi connectivity index (χ4v) is 2.91. The molecule has 0 radical (unpaired) electrons. The molecule has 1 saturated carbocycles. The number of nitrogens with zero attached hydrogens (tertiary/aromatic N) is 2. The number of hydrogen-bond donors (Lipinski definition) is 1. The Balaban J connectivity index is 2.03. The molecule has 0 aromatic carbocycles. The van der Waals surface area contributed by atoms with Crippen LogP contribution in [0.1, 0.15) is 32.3 Å². The summed E-state index contributed by atoms with van der Waals surface area (Å²) in [6, 6.07) is 2.30. The van der Waals surface area contributed by atoms with Crippen LogP contribution in [-0.4, -0.2) is 46.0 Å². The minimum absolute atomic E-state index is 0.0423. The van der Waals surface area contributed by atoms with E-state index in [1.165, 1.54) is 0 Å². The molecule has 2 amide bonds. The molecule has 1 N–H and O–H groups in total. The lowest BCUT2D eigenvalue weighted by Gasteiger charge is -2.31. The molecule has 2 rings (SSSR count). The SMILES string of the molecule is CCN(CC(C)C(=O)O)C(=O)N(Cc1ccsc1)C1CC1. The van der Waals surface area contributed by atoms with Crippen molar-refractivity contribution in [3.63, 3.8) is 0 Å². The van der Waals surface area contributed by atoms with E-state index in [0.717, 1.165) is 18.4 Å². The molecule has 1 aromatic rings. The number of amides is 2. The molecule has 0 spiro atoms. The van der Waals surface area contributed by atoms with Gasteiger partial charge in [-0.1, -0.05) is 6.92 Å². The van der Waals surface area contributed by atoms with Crippen LogP contribution in [0.3, 0.4) is 0 Å². The minimum atomic E-state index is -0.864. The average molecular weight is 310 g/mol. The van der Waals surface area contributed by atoms with Crippen LogP contribution in [0, 0.1) is 5.92 Å². The van der Waals surface area contributed by atoms with Crippen molar-refractivity contribution in [1.29, 1.82) is 0 Å². The van der Waals surface area contributed by atoms with Gasteiger partial charge >= 0.3 is 12.0 Å². The highest BCUT2D eigenvalue weighted by Crippen LogP contribution is 2.30. The Morgan fingerprint density at radius 2 is 2.19 bits per heavy atom. The number of carboxylic acid groups (broad SMARTS) is 1. The first-order valence-electron chi connectivity index (χ1n) is 7.32. The summed E-state index contributed by atoms with van der Waals surface area (Å²) in [6.45, 7) is 4.94. The molecule has 0 saturated heterocycles. The van der Waals surface area contributed by atoms with E-state index < -0.39 is 11.9 Å². The molecular weight excluding hydrogens is 288 g/mol. The van der Waals surface area contributed by atoms with Gasteiger partial charge < -0.3 is 14.9 Å². The molecule has 116 valence electrons. The predicted octanol–water partition coefficient (Wildman–Crippen LogP) is 2.88. The van der Waals surface area contributed by atoms with Crippen molar-refractivity contribution in [3.05, 3.63) is 22.4 Å². The monoisotopic (exact) mass is 310 g/mol. The lowest BCUT2D eigenvalue weighted by atomic mass is 10.2. The van der Waals surface area contributed by atoms with Gasteiger partial charge in [-0.05, 0) is 42.2 Å². The van der Waals surface area contributed by atoms with E-state index in [4.69, 9.17) is 5.11 Å². The second-order valence-electron chi connectivity index (χ2n) is 5.55. The fraction of sp³-hybridized carbons (Fsp3) is 0.600. The quantitative estimate of drug-likeness (QED) is 0.842. The largest absolute Gasteiger partial charge is 0.481 e. The van der Waals surface area contributed by atoms with E-state index in [1.807, 2.05) is 23.3 Å². The van der Waals surface area contributed by atoms with Gasteiger partial charge in [0.2, 0.25) is 0 Å². The van der Waals surface area contributed by atoms with E-state index in [1.54, 1.807) is 23.2 Å². The summed E-state index contributed by atoms with van der Waals surface area (Å²) < 4.78 is 0. The molecule has 6 heteroatoms. The van der Waals surface area contributed by atoms with E-state index in [9.17, 15) is 9.59 Å². The summed E-state index contributed by atoms with van der Waals surface area (Å²) >= 11 is 1.62. The lowest BCUT2D eigenvalue weighted by molar-refractivity contribution is -0.141. The highest BCUT2D eigenvalue weighted by molar-refractivity contribution is 7.07. The fourth-order valence-electron chi connectivity index (χ4n) is 2.25. The van der Waals surface area contributed by atoms with Crippen molar-refractivity contribution in [1.82, 2.24) is 9.80 Å². The summed E-state index contributed by atoms with van der Waals surface area (Å²) in [5, 5.41) is 13.1. The number of aliphatic carboxylic acids is 1. The van der Waals surface area contributed by atoms with Crippen LogP contribution in [0.25, 0.3) is 0 Å². The Morgan fingerprint density at radius 1 is 1.48 bits per heavy atom. The topological polar surface area (TPSA) is 60.9 Å². The second kappa shape index (κ2) is 6.93. The van der Waals surface area contributed by atoms with Gasteiger partial charge in [0, 0.05) is 25.7 Å². The number of carboxylic acids is 1.